The number of rotatable bonds is 20. The van der Waals surface area contributed by atoms with Crippen LogP contribution in [0, 0.1) is 17.3 Å². The summed E-state index contributed by atoms with van der Waals surface area (Å²) in [6, 6.07) is 0. The molecule has 0 aromatic carbocycles. The van der Waals surface area contributed by atoms with Gasteiger partial charge in [-0.3, -0.25) is 0 Å². The highest BCUT2D eigenvalue weighted by Gasteiger charge is 2.37. The Labute approximate surface area is 210 Å². The van der Waals surface area contributed by atoms with Gasteiger partial charge in [0.25, 0.3) is 0 Å². The van der Waals surface area contributed by atoms with Gasteiger partial charge in [-0.15, -0.1) is 0 Å². The predicted molar refractivity (Wildman–Crippen MR) is 150 cm³/mol. The molecule has 0 N–H and O–H groups in total. The minimum absolute atomic E-state index is 0.804. The SMILES string of the molecule is CCCCCCCCCCCCCCCCCC(CCCC)C1CCC2(CCCCC2)CC1. The van der Waals surface area contributed by atoms with Gasteiger partial charge in [0.2, 0.25) is 0 Å². The molecule has 2 fully saturated rings. The van der Waals surface area contributed by atoms with Crippen LogP contribution in [-0.4, -0.2) is 0 Å². The molecule has 1 unspecified atom stereocenters. The number of hydrogen-bond donors (Lipinski definition) is 0. The van der Waals surface area contributed by atoms with E-state index in [0.717, 1.165) is 17.3 Å². The maximum Gasteiger partial charge on any atom is -0.0297 e. The minimum atomic E-state index is 0.804. The second-order valence-corrected chi connectivity index (χ2v) is 12.5. The first-order valence-corrected chi connectivity index (χ1v) is 16.3. The summed E-state index contributed by atoms with van der Waals surface area (Å²) in [5.41, 5.74) is 0.804. The Balaban J connectivity index is 1.45. The third kappa shape index (κ3) is 13.0. The average Bonchev–Trinajstić information content (AvgIpc) is 2.84. The van der Waals surface area contributed by atoms with Crippen molar-refractivity contribution in [3.8, 4) is 0 Å². The van der Waals surface area contributed by atoms with Crippen LogP contribution in [0.2, 0.25) is 0 Å². The van der Waals surface area contributed by atoms with E-state index in [9.17, 15) is 0 Å². The topological polar surface area (TPSA) is 0 Å². The van der Waals surface area contributed by atoms with Crippen molar-refractivity contribution < 1.29 is 0 Å². The average molecular weight is 461 g/mol. The molecule has 0 radical (unpaired) electrons. The van der Waals surface area contributed by atoms with Gasteiger partial charge >= 0.3 is 0 Å². The molecule has 1 atom stereocenters. The van der Waals surface area contributed by atoms with Crippen LogP contribution in [0.5, 0.6) is 0 Å². The molecule has 2 saturated carbocycles. The molecule has 0 heterocycles. The molecule has 0 amide bonds. The van der Waals surface area contributed by atoms with Gasteiger partial charge in [-0.2, -0.15) is 0 Å². The van der Waals surface area contributed by atoms with E-state index in [1.807, 2.05) is 0 Å². The standard InChI is InChI=1S/C33H64/c1-3-5-7-8-9-10-11-12-13-14-15-16-17-18-20-24-31(23-6-4-2)32-25-29-33(30-26-32)27-21-19-22-28-33/h31-32H,3-30H2,1-2H3. The van der Waals surface area contributed by atoms with Gasteiger partial charge in [-0.05, 0) is 55.8 Å². The van der Waals surface area contributed by atoms with Gasteiger partial charge in [0.1, 0.15) is 0 Å². The Bertz CT molecular complexity index is 408. The molecule has 0 nitrogen and oxygen atoms in total. The van der Waals surface area contributed by atoms with Crippen LogP contribution in [0.3, 0.4) is 0 Å². The summed E-state index contributed by atoms with van der Waals surface area (Å²) in [7, 11) is 0. The lowest BCUT2D eigenvalue weighted by Gasteiger charge is -2.45. The second-order valence-electron chi connectivity index (χ2n) is 12.5. The van der Waals surface area contributed by atoms with E-state index in [1.54, 1.807) is 44.9 Å². The van der Waals surface area contributed by atoms with E-state index < -0.39 is 0 Å². The molecule has 0 heteroatoms. The number of unbranched alkanes of at least 4 members (excludes halogenated alkanes) is 15. The van der Waals surface area contributed by atoms with E-state index in [-0.39, 0.29) is 0 Å². The smallest absolute Gasteiger partial charge is 0.0297 e. The maximum absolute atomic E-state index is 2.39. The van der Waals surface area contributed by atoms with Gasteiger partial charge < -0.3 is 0 Å². The normalized spacial score (nSPS) is 19.8. The summed E-state index contributed by atoms with van der Waals surface area (Å²) in [6.07, 6.45) is 42.3. The van der Waals surface area contributed by atoms with Crippen LogP contribution >= 0.6 is 0 Å². The van der Waals surface area contributed by atoms with Crippen molar-refractivity contribution in [1.82, 2.24) is 0 Å². The third-order valence-electron chi connectivity index (χ3n) is 9.78. The van der Waals surface area contributed by atoms with Gasteiger partial charge in [-0.25, -0.2) is 0 Å². The predicted octanol–water partition coefficient (Wildman–Crippen LogP) is 12.2. The Morgan fingerprint density at radius 2 is 0.909 bits per heavy atom. The highest BCUT2D eigenvalue weighted by molar-refractivity contribution is 4.89. The summed E-state index contributed by atoms with van der Waals surface area (Å²) in [6.45, 7) is 4.70. The molecule has 2 rings (SSSR count). The summed E-state index contributed by atoms with van der Waals surface area (Å²) >= 11 is 0. The van der Waals surface area contributed by atoms with E-state index in [2.05, 4.69) is 13.8 Å². The summed E-state index contributed by atoms with van der Waals surface area (Å²) < 4.78 is 0. The van der Waals surface area contributed by atoms with E-state index >= 15 is 0 Å². The Hall–Kier alpha value is 0. The van der Waals surface area contributed by atoms with Crippen LogP contribution in [0.15, 0.2) is 0 Å². The van der Waals surface area contributed by atoms with Gasteiger partial charge in [0.05, 0.1) is 0 Å². The Kier molecular flexibility index (Phi) is 17.0. The molecule has 0 aliphatic heterocycles. The van der Waals surface area contributed by atoms with Crippen molar-refractivity contribution in [2.45, 2.75) is 194 Å². The van der Waals surface area contributed by atoms with Crippen molar-refractivity contribution in [1.29, 1.82) is 0 Å². The first kappa shape index (κ1) is 29.2. The lowest BCUT2D eigenvalue weighted by Crippen LogP contribution is -2.32. The van der Waals surface area contributed by atoms with Gasteiger partial charge in [0, 0.05) is 0 Å². The molecule has 0 bridgehead atoms. The third-order valence-corrected chi connectivity index (χ3v) is 9.78. The van der Waals surface area contributed by atoms with Crippen molar-refractivity contribution >= 4 is 0 Å². The number of hydrogen-bond acceptors (Lipinski definition) is 0. The van der Waals surface area contributed by atoms with Crippen molar-refractivity contribution in [2.24, 2.45) is 17.3 Å². The fraction of sp³-hybridized carbons (Fsp3) is 1.00. The van der Waals surface area contributed by atoms with Crippen LogP contribution in [0.25, 0.3) is 0 Å². The fourth-order valence-electron chi connectivity index (χ4n) is 7.39. The van der Waals surface area contributed by atoms with Crippen LogP contribution < -0.4 is 0 Å². The molecule has 1 spiro atoms. The summed E-state index contributed by atoms with van der Waals surface area (Å²) in [5.74, 6) is 2.14. The molecule has 0 aromatic heterocycles. The van der Waals surface area contributed by atoms with Crippen molar-refractivity contribution in [3.05, 3.63) is 0 Å². The highest BCUT2D eigenvalue weighted by atomic mass is 14.4. The molecule has 196 valence electrons. The molecular weight excluding hydrogens is 396 g/mol. The van der Waals surface area contributed by atoms with Crippen LogP contribution in [0.1, 0.15) is 194 Å². The van der Waals surface area contributed by atoms with E-state index in [1.165, 1.54) is 135 Å². The van der Waals surface area contributed by atoms with Crippen molar-refractivity contribution in [3.63, 3.8) is 0 Å². The molecule has 2 aliphatic rings. The minimum Gasteiger partial charge on any atom is -0.0654 e. The van der Waals surface area contributed by atoms with Gasteiger partial charge in [0.15, 0.2) is 0 Å². The zero-order valence-electron chi connectivity index (χ0n) is 23.5. The first-order chi connectivity index (χ1) is 16.3. The fourth-order valence-corrected chi connectivity index (χ4v) is 7.39. The van der Waals surface area contributed by atoms with E-state index in [0.29, 0.717) is 0 Å². The zero-order valence-corrected chi connectivity index (χ0v) is 23.5. The Morgan fingerprint density at radius 1 is 0.485 bits per heavy atom. The maximum atomic E-state index is 2.39. The Morgan fingerprint density at radius 3 is 1.39 bits per heavy atom. The van der Waals surface area contributed by atoms with Crippen molar-refractivity contribution in [2.75, 3.05) is 0 Å². The first-order valence-electron chi connectivity index (χ1n) is 16.3. The lowest BCUT2D eigenvalue weighted by atomic mass is 9.61. The molecule has 0 saturated heterocycles. The largest absolute Gasteiger partial charge is 0.0654 e. The second kappa shape index (κ2) is 19.2. The van der Waals surface area contributed by atoms with Gasteiger partial charge in [-0.1, -0.05) is 155 Å². The quantitative estimate of drug-likeness (QED) is 0.158. The molecule has 2 aliphatic carbocycles. The molecule has 0 aromatic rings. The zero-order chi connectivity index (χ0) is 23.5. The summed E-state index contributed by atoms with van der Waals surface area (Å²) in [4.78, 5) is 0. The molecule has 33 heavy (non-hydrogen) atoms. The van der Waals surface area contributed by atoms with E-state index in [4.69, 9.17) is 0 Å². The summed E-state index contributed by atoms with van der Waals surface area (Å²) in [5, 5.41) is 0. The monoisotopic (exact) mass is 461 g/mol. The lowest BCUT2D eigenvalue weighted by molar-refractivity contribution is 0.0718. The highest BCUT2D eigenvalue weighted by Crippen LogP contribution is 2.51. The molecular formula is C33H64. The van der Waals surface area contributed by atoms with Crippen LogP contribution in [-0.2, 0) is 0 Å². The van der Waals surface area contributed by atoms with Crippen LogP contribution in [0.4, 0.5) is 0 Å².